The van der Waals surface area contributed by atoms with Gasteiger partial charge >= 0.3 is 0 Å². The van der Waals surface area contributed by atoms with Crippen molar-refractivity contribution in [2.24, 2.45) is 0 Å². The summed E-state index contributed by atoms with van der Waals surface area (Å²) < 4.78 is 27.2. The first-order chi connectivity index (χ1) is 12.9. The van der Waals surface area contributed by atoms with Crippen LogP contribution in [0.5, 0.6) is 0 Å². The molecule has 2 aromatic heterocycles. The van der Waals surface area contributed by atoms with Crippen LogP contribution in [0.15, 0.2) is 47.4 Å². The number of nitrogens with one attached hydrogen (secondary N) is 2. The second-order valence-corrected chi connectivity index (χ2v) is 8.30. The molecule has 1 aromatic carbocycles. The topological polar surface area (TPSA) is 84.0 Å². The van der Waals surface area contributed by atoms with E-state index in [1.807, 2.05) is 39.0 Å². The van der Waals surface area contributed by atoms with Gasteiger partial charge in [-0.15, -0.1) is 0 Å². The average Bonchev–Trinajstić information content (AvgIpc) is 2.61. The van der Waals surface area contributed by atoms with E-state index in [-0.39, 0.29) is 4.90 Å². The standard InChI is InChI=1S/C20H24N4O2S/c1-4-5-12-21-27(25,26)17-9-7-16(8-10-17)24-19-13-15(3)23-20-18(19)11-6-14(2)22-20/h6-11,13,21H,4-5,12H2,1-3H3,(H,22,23,24). The third-order valence-electron chi connectivity index (χ3n) is 4.21. The summed E-state index contributed by atoms with van der Waals surface area (Å²) >= 11 is 0. The molecule has 7 heteroatoms. The average molecular weight is 385 g/mol. The van der Waals surface area contributed by atoms with Crippen molar-refractivity contribution in [1.82, 2.24) is 14.7 Å². The van der Waals surface area contributed by atoms with Gasteiger partial charge in [0.15, 0.2) is 5.65 Å². The molecule has 0 aliphatic carbocycles. The fourth-order valence-electron chi connectivity index (χ4n) is 2.77. The van der Waals surface area contributed by atoms with Crippen LogP contribution in [0.4, 0.5) is 11.4 Å². The third-order valence-corrected chi connectivity index (χ3v) is 5.68. The highest BCUT2D eigenvalue weighted by Gasteiger charge is 2.13. The molecule has 0 aliphatic heterocycles. The molecule has 2 heterocycles. The number of nitrogens with zero attached hydrogens (tertiary/aromatic N) is 2. The summed E-state index contributed by atoms with van der Waals surface area (Å²) in [5.41, 5.74) is 4.16. The van der Waals surface area contributed by atoms with Gasteiger partial charge in [0, 0.05) is 29.0 Å². The van der Waals surface area contributed by atoms with E-state index in [0.29, 0.717) is 12.2 Å². The van der Waals surface area contributed by atoms with Crippen molar-refractivity contribution in [3.63, 3.8) is 0 Å². The van der Waals surface area contributed by atoms with Gasteiger partial charge in [0.25, 0.3) is 0 Å². The Kier molecular flexibility index (Phi) is 5.72. The Morgan fingerprint density at radius 3 is 2.37 bits per heavy atom. The molecule has 142 valence electrons. The quantitative estimate of drug-likeness (QED) is 0.600. The number of aromatic nitrogens is 2. The number of hydrogen-bond acceptors (Lipinski definition) is 5. The summed E-state index contributed by atoms with van der Waals surface area (Å²) in [6.45, 7) is 6.33. The van der Waals surface area contributed by atoms with Crippen LogP contribution in [0, 0.1) is 13.8 Å². The number of aryl methyl sites for hydroxylation is 2. The summed E-state index contributed by atoms with van der Waals surface area (Å²) in [5, 5.41) is 4.26. The molecular formula is C20H24N4O2S. The first-order valence-electron chi connectivity index (χ1n) is 9.01. The number of hydrogen-bond donors (Lipinski definition) is 2. The smallest absolute Gasteiger partial charge is 0.240 e. The van der Waals surface area contributed by atoms with Crippen molar-refractivity contribution >= 4 is 32.4 Å². The first kappa shape index (κ1) is 19.3. The monoisotopic (exact) mass is 384 g/mol. The number of anilines is 2. The van der Waals surface area contributed by atoms with Crippen molar-refractivity contribution in [2.75, 3.05) is 11.9 Å². The third kappa shape index (κ3) is 4.61. The van der Waals surface area contributed by atoms with Crippen molar-refractivity contribution in [1.29, 1.82) is 0 Å². The van der Waals surface area contributed by atoms with E-state index in [1.54, 1.807) is 24.3 Å². The molecule has 0 bridgehead atoms. The van der Waals surface area contributed by atoms with Crippen LogP contribution in [0.3, 0.4) is 0 Å². The van der Waals surface area contributed by atoms with E-state index < -0.39 is 10.0 Å². The lowest BCUT2D eigenvalue weighted by molar-refractivity contribution is 0.578. The Labute approximate surface area is 160 Å². The fraction of sp³-hybridized carbons (Fsp3) is 0.300. The lowest BCUT2D eigenvalue weighted by Crippen LogP contribution is -2.24. The second-order valence-electron chi connectivity index (χ2n) is 6.54. The maximum Gasteiger partial charge on any atom is 0.240 e. The summed E-state index contributed by atoms with van der Waals surface area (Å²) in [4.78, 5) is 9.23. The number of rotatable bonds is 7. The molecule has 0 fully saturated rings. The summed E-state index contributed by atoms with van der Waals surface area (Å²) in [5.74, 6) is 0. The Bertz CT molecular complexity index is 1040. The highest BCUT2D eigenvalue weighted by atomic mass is 32.2. The van der Waals surface area contributed by atoms with Crippen LogP contribution in [-0.2, 0) is 10.0 Å². The maximum absolute atomic E-state index is 12.3. The molecule has 0 unspecified atom stereocenters. The van der Waals surface area contributed by atoms with Gasteiger partial charge in [-0.3, -0.25) is 0 Å². The normalized spacial score (nSPS) is 11.7. The van der Waals surface area contributed by atoms with Crippen molar-refractivity contribution in [2.45, 2.75) is 38.5 Å². The molecule has 0 atom stereocenters. The zero-order valence-electron chi connectivity index (χ0n) is 15.8. The van der Waals surface area contributed by atoms with E-state index in [0.717, 1.165) is 41.0 Å². The van der Waals surface area contributed by atoms with Gasteiger partial charge in [-0.05, 0) is 62.7 Å². The largest absolute Gasteiger partial charge is 0.355 e. The molecule has 0 aliphatic rings. The first-order valence-corrected chi connectivity index (χ1v) is 10.5. The van der Waals surface area contributed by atoms with Crippen molar-refractivity contribution in [3.05, 3.63) is 53.9 Å². The summed E-state index contributed by atoms with van der Waals surface area (Å²) in [6.07, 6.45) is 1.76. The van der Waals surface area contributed by atoms with E-state index in [9.17, 15) is 8.42 Å². The van der Waals surface area contributed by atoms with Gasteiger partial charge in [0.05, 0.1) is 10.6 Å². The van der Waals surface area contributed by atoms with Gasteiger partial charge in [0.2, 0.25) is 10.0 Å². The van der Waals surface area contributed by atoms with Gasteiger partial charge < -0.3 is 5.32 Å². The SMILES string of the molecule is CCCCNS(=O)(=O)c1ccc(Nc2cc(C)nc3nc(C)ccc23)cc1. The zero-order chi connectivity index (χ0) is 19.4. The molecule has 3 rings (SSSR count). The molecule has 0 saturated carbocycles. The predicted molar refractivity (Wildman–Crippen MR) is 109 cm³/mol. The van der Waals surface area contributed by atoms with Crippen LogP contribution < -0.4 is 10.0 Å². The lowest BCUT2D eigenvalue weighted by Gasteiger charge is -2.12. The maximum atomic E-state index is 12.3. The van der Waals surface area contributed by atoms with Gasteiger partial charge in [-0.2, -0.15) is 0 Å². The van der Waals surface area contributed by atoms with Crippen LogP contribution in [0.25, 0.3) is 11.0 Å². The molecule has 0 saturated heterocycles. The van der Waals surface area contributed by atoms with E-state index in [2.05, 4.69) is 20.0 Å². The molecular weight excluding hydrogens is 360 g/mol. The molecule has 3 aromatic rings. The molecule has 6 nitrogen and oxygen atoms in total. The van der Waals surface area contributed by atoms with Gasteiger partial charge in [-0.1, -0.05) is 13.3 Å². The van der Waals surface area contributed by atoms with Crippen molar-refractivity contribution < 1.29 is 8.42 Å². The Balaban J connectivity index is 1.84. The summed E-state index contributed by atoms with van der Waals surface area (Å²) in [6, 6.07) is 12.6. The lowest BCUT2D eigenvalue weighted by atomic mass is 10.2. The molecule has 0 spiro atoms. The number of fused-ring (bicyclic) bond motifs is 1. The highest BCUT2D eigenvalue weighted by Crippen LogP contribution is 2.26. The molecule has 0 amide bonds. The van der Waals surface area contributed by atoms with E-state index >= 15 is 0 Å². The van der Waals surface area contributed by atoms with E-state index in [4.69, 9.17) is 0 Å². The van der Waals surface area contributed by atoms with Crippen molar-refractivity contribution in [3.8, 4) is 0 Å². The molecule has 0 radical (unpaired) electrons. The number of pyridine rings is 2. The zero-order valence-corrected chi connectivity index (χ0v) is 16.6. The van der Waals surface area contributed by atoms with E-state index in [1.165, 1.54) is 0 Å². The Morgan fingerprint density at radius 2 is 1.67 bits per heavy atom. The molecule has 27 heavy (non-hydrogen) atoms. The minimum atomic E-state index is -3.47. The Morgan fingerprint density at radius 1 is 0.963 bits per heavy atom. The minimum Gasteiger partial charge on any atom is -0.355 e. The van der Waals surface area contributed by atoms with Crippen LogP contribution in [-0.4, -0.2) is 24.9 Å². The van der Waals surface area contributed by atoms with Crippen LogP contribution in [0.2, 0.25) is 0 Å². The fourth-order valence-corrected chi connectivity index (χ4v) is 3.84. The summed E-state index contributed by atoms with van der Waals surface area (Å²) in [7, 11) is -3.47. The second kappa shape index (κ2) is 8.02. The number of unbranched alkanes of at least 4 members (excludes halogenated alkanes) is 1. The van der Waals surface area contributed by atoms with Gasteiger partial charge in [-0.25, -0.2) is 23.1 Å². The number of sulfonamides is 1. The van der Waals surface area contributed by atoms with Gasteiger partial charge in [0.1, 0.15) is 0 Å². The highest BCUT2D eigenvalue weighted by molar-refractivity contribution is 7.89. The molecule has 2 N–H and O–H groups in total. The van der Waals surface area contributed by atoms with Crippen LogP contribution >= 0.6 is 0 Å². The minimum absolute atomic E-state index is 0.261. The predicted octanol–water partition coefficient (Wildman–Crippen LogP) is 4.07. The number of benzene rings is 1. The Hall–Kier alpha value is -2.51. The van der Waals surface area contributed by atoms with Crippen LogP contribution in [0.1, 0.15) is 31.2 Å².